The molecule has 4 aromatic rings. The Bertz CT molecular complexity index is 1770. The smallest absolute Gasteiger partial charge is 0.330 e. The molecule has 1 saturated heterocycles. The highest BCUT2D eigenvalue weighted by Gasteiger charge is 2.45. The minimum absolute atomic E-state index is 0.0888. The molecule has 280 valence electrons. The molecule has 0 saturated carbocycles. The van der Waals surface area contributed by atoms with Crippen molar-refractivity contribution >= 4 is 8.53 Å². The normalized spacial score (nSPS) is 18.3. The second-order valence-electron chi connectivity index (χ2n) is 13.4. The molecule has 2 heterocycles. The van der Waals surface area contributed by atoms with Crippen molar-refractivity contribution in [3.8, 4) is 11.5 Å². The van der Waals surface area contributed by atoms with Crippen LogP contribution < -0.4 is 20.7 Å². The fourth-order valence-electron chi connectivity index (χ4n) is 6.62. The lowest BCUT2D eigenvalue weighted by Gasteiger charge is -2.39. The summed E-state index contributed by atoms with van der Waals surface area (Å²) in [4.78, 5) is 27.8. The molecule has 1 aliphatic rings. The third-order valence-corrected chi connectivity index (χ3v) is 11.3. The van der Waals surface area contributed by atoms with Crippen molar-refractivity contribution in [1.82, 2.24) is 14.2 Å². The highest BCUT2D eigenvalue weighted by atomic mass is 31.2. The molecule has 5 rings (SSSR count). The quantitative estimate of drug-likeness (QED) is 0.0882. The first-order chi connectivity index (χ1) is 25.0. The summed E-state index contributed by atoms with van der Waals surface area (Å²) in [7, 11) is 1.77. The van der Waals surface area contributed by atoms with Crippen molar-refractivity contribution in [1.29, 1.82) is 0 Å². The minimum atomic E-state index is -1.51. The van der Waals surface area contributed by atoms with Crippen LogP contribution in [-0.4, -0.2) is 65.9 Å². The van der Waals surface area contributed by atoms with Crippen LogP contribution in [-0.2, 0) is 24.1 Å². The number of nitrogens with zero attached hydrogens (tertiary/aromatic N) is 2. The highest BCUT2D eigenvalue weighted by molar-refractivity contribution is 7.44. The number of ether oxygens (including phenoxy) is 4. The van der Waals surface area contributed by atoms with E-state index >= 15 is 0 Å². The number of rotatable bonds is 17. The summed E-state index contributed by atoms with van der Waals surface area (Å²) in [5.41, 5.74) is 0.992. The van der Waals surface area contributed by atoms with E-state index in [4.69, 9.17) is 28.0 Å². The van der Waals surface area contributed by atoms with Crippen LogP contribution in [0.2, 0.25) is 0 Å². The topological polar surface area (TPSA) is 113 Å². The van der Waals surface area contributed by atoms with Gasteiger partial charge < -0.3 is 28.0 Å². The van der Waals surface area contributed by atoms with Crippen LogP contribution in [0.4, 0.5) is 0 Å². The van der Waals surface area contributed by atoms with Crippen LogP contribution in [0, 0.1) is 6.92 Å². The Morgan fingerprint density at radius 1 is 0.885 bits per heavy atom. The standard InChI is InChI=1S/C40H52N3O8P/c1-9-23-49-52(43(27(2)3)28(4)5)51-35-24-37(42-25-29(6)38(44)41-39(42)45)50-36(35)26-48-40(30-13-11-10-12-14-30,31-15-19-33(46-7)20-16-31)32-17-21-34(47-8)22-18-32/h10-22,25,27-28,35-37H,9,23-24,26H2,1-8H3,(H,41,44,45)/t35-,36+,37+,52?/m0/s1. The van der Waals surface area contributed by atoms with Crippen LogP contribution in [0.5, 0.6) is 11.5 Å². The van der Waals surface area contributed by atoms with E-state index < -0.39 is 43.8 Å². The fraction of sp³-hybridized carbons (Fsp3) is 0.450. The van der Waals surface area contributed by atoms with Crippen LogP contribution >= 0.6 is 8.53 Å². The Morgan fingerprint density at radius 2 is 1.44 bits per heavy atom. The zero-order valence-electron chi connectivity index (χ0n) is 31.4. The molecule has 52 heavy (non-hydrogen) atoms. The zero-order valence-corrected chi connectivity index (χ0v) is 32.3. The minimum Gasteiger partial charge on any atom is -0.497 e. The Kier molecular flexibility index (Phi) is 13.5. The van der Waals surface area contributed by atoms with E-state index in [9.17, 15) is 9.59 Å². The monoisotopic (exact) mass is 733 g/mol. The molecule has 1 aromatic heterocycles. The number of aromatic amines is 1. The second kappa shape index (κ2) is 17.8. The van der Waals surface area contributed by atoms with Crippen LogP contribution in [0.3, 0.4) is 0 Å². The van der Waals surface area contributed by atoms with Gasteiger partial charge in [-0.3, -0.25) is 14.3 Å². The molecule has 4 atom stereocenters. The first-order valence-corrected chi connectivity index (χ1v) is 19.0. The lowest BCUT2D eigenvalue weighted by molar-refractivity contribution is -0.0926. The number of aromatic nitrogens is 2. The summed E-state index contributed by atoms with van der Waals surface area (Å²) < 4.78 is 42.0. The molecule has 11 nitrogen and oxygen atoms in total. The molecule has 0 aliphatic carbocycles. The number of methoxy groups -OCH3 is 2. The van der Waals surface area contributed by atoms with Crippen LogP contribution in [0.15, 0.2) is 94.6 Å². The molecule has 1 aliphatic heterocycles. The van der Waals surface area contributed by atoms with E-state index in [0.717, 1.165) is 34.6 Å². The van der Waals surface area contributed by atoms with Crippen molar-refractivity contribution in [2.45, 2.75) is 90.5 Å². The van der Waals surface area contributed by atoms with Gasteiger partial charge in [0, 0.05) is 30.3 Å². The molecule has 0 bridgehead atoms. The number of H-pyrrole nitrogens is 1. The molecule has 3 aromatic carbocycles. The predicted molar refractivity (Wildman–Crippen MR) is 203 cm³/mol. The predicted octanol–water partition coefficient (Wildman–Crippen LogP) is 7.32. The molecule has 0 radical (unpaired) electrons. The summed E-state index contributed by atoms with van der Waals surface area (Å²) in [6.07, 6.45) is 0.843. The first kappa shape index (κ1) is 39.4. The average Bonchev–Trinajstić information content (AvgIpc) is 3.54. The van der Waals surface area contributed by atoms with Crippen molar-refractivity contribution in [3.63, 3.8) is 0 Å². The number of benzene rings is 3. The summed E-state index contributed by atoms with van der Waals surface area (Å²) in [6.45, 7) is 12.9. The van der Waals surface area contributed by atoms with Gasteiger partial charge in [-0.25, -0.2) is 9.46 Å². The Balaban J connectivity index is 1.60. The van der Waals surface area contributed by atoms with Crippen molar-refractivity contribution < 1.29 is 28.0 Å². The van der Waals surface area contributed by atoms with Gasteiger partial charge in [-0.15, -0.1) is 0 Å². The van der Waals surface area contributed by atoms with Gasteiger partial charge in [0.15, 0.2) is 0 Å². The van der Waals surface area contributed by atoms with Crippen molar-refractivity contribution in [2.75, 3.05) is 27.4 Å². The van der Waals surface area contributed by atoms with Crippen molar-refractivity contribution in [3.05, 3.63) is 128 Å². The second-order valence-corrected chi connectivity index (χ2v) is 14.8. The largest absolute Gasteiger partial charge is 0.497 e. The van der Waals surface area contributed by atoms with Gasteiger partial charge >= 0.3 is 5.69 Å². The van der Waals surface area contributed by atoms with Gasteiger partial charge in [0.1, 0.15) is 29.4 Å². The summed E-state index contributed by atoms with van der Waals surface area (Å²) >= 11 is 0. The van der Waals surface area contributed by atoms with E-state index in [1.807, 2.05) is 78.9 Å². The van der Waals surface area contributed by atoms with Crippen LogP contribution in [0.25, 0.3) is 0 Å². The molecule has 1 fully saturated rings. The maximum atomic E-state index is 13.1. The number of hydrogen-bond acceptors (Lipinski definition) is 9. The van der Waals surface area contributed by atoms with E-state index in [1.54, 1.807) is 27.3 Å². The molecule has 1 unspecified atom stereocenters. The van der Waals surface area contributed by atoms with Crippen molar-refractivity contribution in [2.24, 2.45) is 0 Å². The van der Waals surface area contributed by atoms with E-state index in [2.05, 4.69) is 44.3 Å². The highest BCUT2D eigenvalue weighted by Crippen LogP contribution is 2.50. The first-order valence-electron chi connectivity index (χ1n) is 17.9. The maximum absolute atomic E-state index is 13.1. The zero-order chi connectivity index (χ0) is 37.4. The molecule has 0 spiro atoms. The van der Waals surface area contributed by atoms with Gasteiger partial charge in [-0.05, 0) is 82.0 Å². The molecular weight excluding hydrogens is 681 g/mol. The SMILES string of the molecule is CCCOP(O[C@H]1C[C@H](n2cc(C)c(=O)[nH]c2=O)O[C@@H]1COC(c1ccccc1)(c1ccc(OC)cc1)c1ccc(OC)cc1)N(C(C)C)C(C)C. The van der Waals surface area contributed by atoms with Gasteiger partial charge in [0.25, 0.3) is 14.1 Å². The van der Waals surface area contributed by atoms with Gasteiger partial charge in [-0.2, -0.15) is 0 Å². The third-order valence-electron chi connectivity index (χ3n) is 9.15. The summed E-state index contributed by atoms with van der Waals surface area (Å²) in [6, 6.07) is 26.1. The summed E-state index contributed by atoms with van der Waals surface area (Å²) in [5, 5.41) is 0. The molecule has 12 heteroatoms. The molecule has 1 N–H and O–H groups in total. The van der Waals surface area contributed by atoms with E-state index in [-0.39, 0.29) is 18.7 Å². The van der Waals surface area contributed by atoms with Gasteiger partial charge in [0.2, 0.25) is 0 Å². The number of aryl methyl sites for hydroxylation is 1. The van der Waals surface area contributed by atoms with Crippen LogP contribution in [0.1, 0.15) is 75.9 Å². The fourth-order valence-corrected chi connectivity index (χ4v) is 8.47. The summed E-state index contributed by atoms with van der Waals surface area (Å²) in [5.74, 6) is 1.44. The molecular formula is C40H52N3O8P. The Morgan fingerprint density at radius 3 is 1.96 bits per heavy atom. The number of hydrogen-bond donors (Lipinski definition) is 1. The van der Waals surface area contributed by atoms with Gasteiger partial charge in [-0.1, -0.05) is 61.5 Å². The Labute approximate surface area is 307 Å². The number of nitrogens with one attached hydrogen (secondary N) is 1. The lowest BCUT2D eigenvalue weighted by Crippen LogP contribution is -2.39. The molecule has 0 amide bonds. The van der Waals surface area contributed by atoms with Gasteiger partial charge in [0.05, 0.1) is 33.5 Å². The lowest BCUT2D eigenvalue weighted by atomic mass is 9.80. The maximum Gasteiger partial charge on any atom is 0.330 e. The third kappa shape index (κ3) is 8.68. The Hall–Kier alpha value is -3.83. The average molecular weight is 734 g/mol. The van der Waals surface area contributed by atoms with E-state index in [1.165, 1.54) is 4.57 Å². The van der Waals surface area contributed by atoms with E-state index in [0.29, 0.717) is 18.6 Å².